The second-order valence-corrected chi connectivity index (χ2v) is 11.7. The predicted octanol–water partition coefficient (Wildman–Crippen LogP) is 7.13. The molecule has 0 aromatic heterocycles. The fourth-order valence-corrected chi connectivity index (χ4v) is 7.20. The molecule has 0 amide bonds. The van der Waals surface area contributed by atoms with E-state index in [0.717, 1.165) is 0 Å². The third-order valence-electron chi connectivity index (χ3n) is 7.99. The number of fused-ring (bicyclic) bond motifs is 4. The summed E-state index contributed by atoms with van der Waals surface area (Å²) >= 11 is 26.0. The van der Waals surface area contributed by atoms with Gasteiger partial charge in [0.2, 0.25) is 5.78 Å². The second-order valence-electron chi connectivity index (χ2n) is 10.1. The molecule has 1 atom stereocenters. The van der Waals surface area contributed by atoms with Crippen LogP contribution < -0.4 is 9.47 Å². The normalized spacial score (nSPS) is 20.6. The van der Waals surface area contributed by atoms with Crippen molar-refractivity contribution in [2.45, 2.75) is 31.8 Å². The summed E-state index contributed by atoms with van der Waals surface area (Å²) in [6.45, 7) is 5.20. The highest BCUT2D eigenvalue weighted by Gasteiger charge is 2.56. The van der Waals surface area contributed by atoms with Crippen LogP contribution in [0, 0.1) is 0 Å². The van der Waals surface area contributed by atoms with E-state index in [-0.39, 0.29) is 65.2 Å². The standard InChI is InChI=1S/C28H18Cl4O7/c1-8-15(26(36)37)21(31)25(32)28(8)12-6-13(33)19(29)9-5-10-18(24(39-28)16(9)12)22(34)17-11(27(10,2)3)7-14(38-4)20(30)23(17)35/h5-7,33,35H,1-4H3,(H,36,37)/t28-/m0/s1. The average molecular weight is 608 g/mol. The Morgan fingerprint density at radius 3 is 2.21 bits per heavy atom. The van der Waals surface area contributed by atoms with E-state index >= 15 is 0 Å². The summed E-state index contributed by atoms with van der Waals surface area (Å²) in [5.41, 5.74) is -1.40. The van der Waals surface area contributed by atoms with Gasteiger partial charge in [0.25, 0.3) is 0 Å². The molecule has 7 nitrogen and oxygen atoms in total. The van der Waals surface area contributed by atoms with E-state index in [4.69, 9.17) is 55.9 Å². The fraction of sp³-hybridized carbons (Fsp3) is 0.214. The lowest BCUT2D eigenvalue weighted by atomic mass is 9.67. The smallest absolute Gasteiger partial charge is 0.337 e. The molecular formula is C28H18Cl4O7. The zero-order valence-electron chi connectivity index (χ0n) is 20.7. The van der Waals surface area contributed by atoms with E-state index in [1.165, 1.54) is 20.1 Å². The van der Waals surface area contributed by atoms with Crippen LogP contribution in [-0.2, 0) is 15.8 Å². The Kier molecular flexibility index (Phi) is 5.35. The predicted molar refractivity (Wildman–Crippen MR) is 147 cm³/mol. The minimum absolute atomic E-state index is 0.00770. The highest BCUT2D eigenvalue weighted by atomic mass is 35.5. The molecule has 200 valence electrons. The summed E-state index contributed by atoms with van der Waals surface area (Å²) in [7, 11) is 1.40. The molecule has 1 aliphatic heterocycles. The summed E-state index contributed by atoms with van der Waals surface area (Å²) in [6, 6.07) is 4.62. The highest BCUT2D eigenvalue weighted by Crippen LogP contribution is 2.63. The maximum Gasteiger partial charge on any atom is 0.337 e. The summed E-state index contributed by atoms with van der Waals surface area (Å²) in [5.74, 6) is -2.36. The number of carboxylic acid groups (broad SMARTS) is 1. The number of hydrogen-bond donors (Lipinski definition) is 3. The molecule has 0 saturated heterocycles. The quantitative estimate of drug-likeness (QED) is 0.284. The molecule has 0 unspecified atom stereocenters. The molecule has 39 heavy (non-hydrogen) atoms. The van der Waals surface area contributed by atoms with Crippen molar-refractivity contribution in [3.63, 3.8) is 0 Å². The molecule has 2 aliphatic carbocycles. The second kappa shape index (κ2) is 7.98. The van der Waals surface area contributed by atoms with Gasteiger partial charge in [-0.05, 0) is 41.8 Å². The van der Waals surface area contributed by atoms with Gasteiger partial charge in [0, 0.05) is 21.8 Å². The lowest BCUT2D eigenvalue weighted by Crippen LogP contribution is -2.33. The van der Waals surface area contributed by atoms with Crippen LogP contribution in [-0.4, -0.2) is 34.2 Å². The Bertz CT molecular complexity index is 1820. The van der Waals surface area contributed by atoms with Gasteiger partial charge in [-0.3, -0.25) is 4.79 Å². The highest BCUT2D eigenvalue weighted by molar-refractivity contribution is 6.45. The van der Waals surface area contributed by atoms with Crippen LogP contribution in [0.4, 0.5) is 0 Å². The molecule has 0 saturated carbocycles. The van der Waals surface area contributed by atoms with Crippen molar-refractivity contribution >= 4 is 68.9 Å². The molecule has 0 bridgehead atoms. The molecule has 1 heterocycles. The van der Waals surface area contributed by atoms with Crippen molar-refractivity contribution in [3.05, 3.63) is 77.3 Å². The van der Waals surface area contributed by atoms with Gasteiger partial charge in [0.1, 0.15) is 28.0 Å². The number of carbonyl (C=O) groups excluding carboxylic acids is 1. The van der Waals surface area contributed by atoms with Crippen LogP contribution in [0.5, 0.6) is 23.0 Å². The Morgan fingerprint density at radius 2 is 1.62 bits per heavy atom. The first-order valence-corrected chi connectivity index (χ1v) is 13.1. The maximum atomic E-state index is 14.2. The summed E-state index contributed by atoms with van der Waals surface area (Å²) in [6.07, 6.45) is 0. The van der Waals surface area contributed by atoms with Crippen LogP contribution >= 0.6 is 46.4 Å². The summed E-state index contributed by atoms with van der Waals surface area (Å²) < 4.78 is 11.8. The molecule has 3 aliphatic rings. The van der Waals surface area contributed by atoms with Crippen LogP contribution in [0.15, 0.2) is 39.4 Å². The summed E-state index contributed by atoms with van der Waals surface area (Å²) in [5, 5.41) is 32.0. The van der Waals surface area contributed by atoms with Crippen molar-refractivity contribution in [2.24, 2.45) is 0 Å². The number of halogens is 4. The van der Waals surface area contributed by atoms with Gasteiger partial charge in [0.15, 0.2) is 5.60 Å². The number of carbonyl (C=O) groups is 2. The number of methoxy groups -OCH3 is 1. The topological polar surface area (TPSA) is 113 Å². The SMILES string of the molecule is COc1cc2c(c(O)c1Cl)C(=O)c1c(cc3c(Cl)c(O)cc4c3c1O[C@@]41C(C)=C(C(=O)O)C(Cl)=C1Cl)C2(C)C. The van der Waals surface area contributed by atoms with Gasteiger partial charge in [0.05, 0.1) is 38.9 Å². The van der Waals surface area contributed by atoms with Gasteiger partial charge in [-0.25, -0.2) is 4.79 Å². The summed E-state index contributed by atoms with van der Waals surface area (Å²) in [4.78, 5) is 26.3. The number of carboxylic acids is 1. The van der Waals surface area contributed by atoms with Crippen molar-refractivity contribution in [1.29, 1.82) is 0 Å². The molecule has 0 radical (unpaired) electrons. The Labute approximate surface area is 241 Å². The molecule has 3 N–H and O–H groups in total. The monoisotopic (exact) mass is 606 g/mol. The number of aromatic hydroxyl groups is 2. The van der Waals surface area contributed by atoms with Crippen LogP contribution in [0.3, 0.4) is 0 Å². The molecule has 3 aromatic carbocycles. The number of rotatable bonds is 2. The molecule has 1 spiro atoms. The first kappa shape index (κ1) is 26.1. The largest absolute Gasteiger partial charge is 0.506 e. The number of aliphatic carboxylic acids is 1. The fourth-order valence-electron chi connectivity index (χ4n) is 6.04. The number of phenolic OH excluding ortho intramolecular Hbond substituents is 2. The van der Waals surface area contributed by atoms with Gasteiger partial charge >= 0.3 is 5.97 Å². The lowest BCUT2D eigenvalue weighted by Gasteiger charge is -2.36. The lowest BCUT2D eigenvalue weighted by molar-refractivity contribution is -0.132. The Hall–Kier alpha value is -3.10. The van der Waals surface area contributed by atoms with Crippen molar-refractivity contribution < 1.29 is 34.4 Å². The minimum Gasteiger partial charge on any atom is -0.506 e. The average Bonchev–Trinajstić information content (AvgIpc) is 3.30. The van der Waals surface area contributed by atoms with Crippen molar-refractivity contribution in [2.75, 3.05) is 7.11 Å². The van der Waals surface area contributed by atoms with Crippen LogP contribution in [0.1, 0.15) is 53.4 Å². The molecular weight excluding hydrogens is 590 g/mol. The number of hydrogen-bond acceptors (Lipinski definition) is 6. The van der Waals surface area contributed by atoms with Gasteiger partial charge < -0.3 is 24.8 Å². The minimum atomic E-state index is -1.73. The molecule has 3 aromatic rings. The van der Waals surface area contributed by atoms with E-state index in [1.54, 1.807) is 12.1 Å². The third-order valence-corrected chi connectivity index (χ3v) is 9.68. The number of benzene rings is 3. The van der Waals surface area contributed by atoms with Crippen molar-refractivity contribution in [3.8, 4) is 23.0 Å². The Morgan fingerprint density at radius 1 is 0.974 bits per heavy atom. The molecule has 6 rings (SSSR count). The van der Waals surface area contributed by atoms with Crippen LogP contribution in [0.2, 0.25) is 10.0 Å². The number of phenols is 2. The Balaban J connectivity index is 1.77. The van der Waals surface area contributed by atoms with E-state index in [2.05, 4.69) is 0 Å². The van der Waals surface area contributed by atoms with E-state index in [0.29, 0.717) is 21.9 Å². The maximum absolute atomic E-state index is 14.2. The zero-order valence-corrected chi connectivity index (χ0v) is 23.7. The van der Waals surface area contributed by atoms with Gasteiger partial charge in [-0.2, -0.15) is 0 Å². The first-order valence-electron chi connectivity index (χ1n) is 11.6. The van der Waals surface area contributed by atoms with Crippen LogP contribution in [0.25, 0.3) is 10.8 Å². The van der Waals surface area contributed by atoms with E-state index in [1.807, 2.05) is 13.8 Å². The van der Waals surface area contributed by atoms with E-state index in [9.17, 15) is 24.9 Å². The van der Waals surface area contributed by atoms with Gasteiger partial charge in [-0.1, -0.05) is 60.3 Å². The first-order chi connectivity index (χ1) is 18.2. The van der Waals surface area contributed by atoms with Crippen molar-refractivity contribution in [1.82, 2.24) is 0 Å². The third kappa shape index (κ3) is 2.91. The van der Waals surface area contributed by atoms with Gasteiger partial charge in [-0.15, -0.1) is 0 Å². The zero-order chi connectivity index (χ0) is 28.5. The molecule has 11 heteroatoms. The number of ether oxygens (including phenoxy) is 2. The molecule has 0 fully saturated rings. The van der Waals surface area contributed by atoms with E-state index < -0.39 is 28.5 Å². The number of ketones is 1.